The van der Waals surface area contributed by atoms with Crippen LogP contribution in [0.1, 0.15) is 80.3 Å². The van der Waals surface area contributed by atoms with Crippen molar-refractivity contribution in [3.8, 4) is 11.4 Å². The Labute approximate surface area is 178 Å². The molecule has 0 saturated heterocycles. The first-order chi connectivity index (χ1) is 14.2. The fourth-order valence-electron chi connectivity index (χ4n) is 5.17. The third kappa shape index (κ3) is 3.10. The van der Waals surface area contributed by atoms with Gasteiger partial charge in [0.1, 0.15) is 0 Å². The zero-order valence-electron chi connectivity index (χ0n) is 18.6. The molecule has 1 heterocycles. The van der Waals surface area contributed by atoms with Gasteiger partial charge in [0, 0.05) is 5.56 Å². The lowest BCUT2D eigenvalue weighted by Gasteiger charge is -2.42. The molecule has 2 aliphatic carbocycles. The number of aryl methyl sites for hydroxylation is 2. The highest BCUT2D eigenvalue weighted by Crippen LogP contribution is 2.47. The highest BCUT2D eigenvalue weighted by molar-refractivity contribution is 5.87. The maximum atomic E-state index is 4.11. The van der Waals surface area contributed by atoms with Gasteiger partial charge in [-0.15, -0.1) is 10.2 Å². The molecule has 0 fully saturated rings. The van der Waals surface area contributed by atoms with Crippen LogP contribution in [-0.4, -0.2) is 20.6 Å². The van der Waals surface area contributed by atoms with Crippen molar-refractivity contribution in [1.29, 1.82) is 0 Å². The Bertz CT molecular complexity index is 1150. The number of fused-ring (bicyclic) bond motifs is 2. The molecule has 30 heavy (non-hydrogen) atoms. The highest BCUT2D eigenvalue weighted by atomic mass is 15.5. The summed E-state index contributed by atoms with van der Waals surface area (Å²) in [6.07, 6.45) is 7.07. The molecule has 154 valence electrons. The fraction of sp³-hybridized carbons (Fsp3) is 0.423. The van der Waals surface area contributed by atoms with Crippen LogP contribution >= 0.6 is 0 Å². The molecule has 3 aromatic rings. The Morgan fingerprint density at radius 2 is 1.67 bits per heavy atom. The first kappa shape index (κ1) is 19.2. The van der Waals surface area contributed by atoms with Crippen LogP contribution in [0.25, 0.3) is 23.0 Å². The summed E-state index contributed by atoms with van der Waals surface area (Å²) in [4.78, 5) is 0. The maximum absolute atomic E-state index is 4.11. The summed E-state index contributed by atoms with van der Waals surface area (Å²) >= 11 is 0. The van der Waals surface area contributed by atoms with Gasteiger partial charge in [-0.3, -0.25) is 0 Å². The number of nitrogens with zero attached hydrogens (tertiary/aromatic N) is 3. The lowest BCUT2D eigenvalue weighted by Crippen LogP contribution is -2.34. The van der Waals surface area contributed by atoms with Crippen molar-refractivity contribution in [1.82, 2.24) is 20.6 Å². The first-order valence-corrected chi connectivity index (χ1v) is 11.0. The molecule has 2 aromatic carbocycles. The number of aromatic amines is 1. The molecule has 0 saturated carbocycles. The minimum atomic E-state index is 0.235. The van der Waals surface area contributed by atoms with E-state index in [0.717, 1.165) is 18.4 Å². The molecule has 0 aliphatic heterocycles. The molecule has 2 aliphatic rings. The van der Waals surface area contributed by atoms with Gasteiger partial charge in [0.2, 0.25) is 5.82 Å². The van der Waals surface area contributed by atoms with Crippen molar-refractivity contribution in [2.45, 2.75) is 71.1 Å². The van der Waals surface area contributed by atoms with Crippen molar-refractivity contribution < 1.29 is 0 Å². The van der Waals surface area contributed by atoms with E-state index in [4.69, 9.17) is 0 Å². The highest BCUT2D eigenvalue weighted by Gasteiger charge is 2.37. The van der Waals surface area contributed by atoms with Crippen LogP contribution < -0.4 is 0 Å². The topological polar surface area (TPSA) is 54.5 Å². The third-order valence-corrected chi connectivity index (χ3v) is 7.29. The molecule has 1 N–H and O–H groups in total. The molecule has 0 radical (unpaired) electrons. The molecule has 0 amide bonds. The third-order valence-electron chi connectivity index (χ3n) is 7.29. The summed E-state index contributed by atoms with van der Waals surface area (Å²) < 4.78 is 0. The molecule has 0 spiro atoms. The number of rotatable bonds is 2. The quantitative estimate of drug-likeness (QED) is 0.575. The molecule has 1 aromatic heterocycles. The number of allylic oxidation sites excluding steroid dienone is 1. The van der Waals surface area contributed by atoms with Crippen molar-refractivity contribution >= 4 is 11.6 Å². The minimum Gasteiger partial charge on any atom is -0.177 e. The number of aromatic nitrogens is 4. The SMILES string of the molecule is Cc1cc2c(cc1C=C1CCc3cc(-c4nn[nH]n4)ccc31)C(C)(C)CCC2(C)C. The van der Waals surface area contributed by atoms with Gasteiger partial charge in [0.05, 0.1) is 0 Å². The number of tetrazole rings is 1. The van der Waals surface area contributed by atoms with E-state index in [1.807, 2.05) is 0 Å². The standard InChI is InChI=1S/C26H30N4/c1-16-12-22-23(26(4,5)11-10-25(22,2)3)15-20(16)14-18-7-6-17-13-19(8-9-21(17)18)24-27-29-30-28-24/h8-9,12-15H,6-7,10-11H2,1-5H3,(H,27,28,29,30). The Morgan fingerprint density at radius 3 is 2.37 bits per heavy atom. The predicted molar refractivity (Wildman–Crippen MR) is 122 cm³/mol. The van der Waals surface area contributed by atoms with Crippen LogP contribution in [-0.2, 0) is 17.3 Å². The van der Waals surface area contributed by atoms with E-state index in [9.17, 15) is 0 Å². The molecular formula is C26H30N4. The average Bonchev–Trinajstić information content (AvgIpc) is 3.37. The molecule has 4 heteroatoms. The summed E-state index contributed by atoms with van der Waals surface area (Å²) in [5.41, 5.74) is 11.5. The van der Waals surface area contributed by atoms with Crippen LogP contribution in [0.4, 0.5) is 0 Å². The monoisotopic (exact) mass is 398 g/mol. The number of nitrogens with one attached hydrogen (secondary N) is 1. The van der Waals surface area contributed by atoms with E-state index in [2.05, 4.69) is 91.7 Å². The van der Waals surface area contributed by atoms with Crippen LogP contribution in [0.5, 0.6) is 0 Å². The zero-order chi connectivity index (χ0) is 21.1. The van der Waals surface area contributed by atoms with Crippen LogP contribution in [0.3, 0.4) is 0 Å². The first-order valence-electron chi connectivity index (χ1n) is 11.0. The Morgan fingerprint density at radius 1 is 0.933 bits per heavy atom. The van der Waals surface area contributed by atoms with E-state index < -0.39 is 0 Å². The Kier molecular flexibility index (Phi) is 4.25. The van der Waals surface area contributed by atoms with Gasteiger partial charge in [-0.2, -0.15) is 5.21 Å². The summed E-state index contributed by atoms with van der Waals surface area (Å²) in [7, 11) is 0. The normalized spacial score (nSPS) is 20.2. The smallest absolute Gasteiger partial charge is 0.177 e. The van der Waals surface area contributed by atoms with Gasteiger partial charge in [-0.25, -0.2) is 0 Å². The summed E-state index contributed by atoms with van der Waals surface area (Å²) in [6.45, 7) is 11.9. The van der Waals surface area contributed by atoms with Crippen molar-refractivity contribution in [3.05, 3.63) is 63.7 Å². The maximum Gasteiger partial charge on any atom is 0.204 e. The number of H-pyrrole nitrogens is 1. The minimum absolute atomic E-state index is 0.235. The van der Waals surface area contributed by atoms with Crippen molar-refractivity contribution in [2.75, 3.05) is 0 Å². The van der Waals surface area contributed by atoms with Gasteiger partial charge < -0.3 is 0 Å². The molecule has 0 unspecified atom stereocenters. The summed E-state index contributed by atoms with van der Waals surface area (Å²) in [6, 6.07) is 11.5. The van der Waals surface area contributed by atoms with Gasteiger partial charge in [0.15, 0.2) is 0 Å². The Hall–Kier alpha value is -2.75. The van der Waals surface area contributed by atoms with E-state index in [0.29, 0.717) is 5.82 Å². The summed E-state index contributed by atoms with van der Waals surface area (Å²) in [5, 5.41) is 14.5. The second-order valence-corrected chi connectivity index (χ2v) is 10.3. The molecule has 0 bridgehead atoms. The fourth-order valence-corrected chi connectivity index (χ4v) is 5.17. The van der Waals surface area contributed by atoms with Gasteiger partial charge >= 0.3 is 0 Å². The number of hydrogen-bond acceptors (Lipinski definition) is 3. The van der Waals surface area contributed by atoms with E-state index in [1.165, 1.54) is 51.8 Å². The predicted octanol–water partition coefficient (Wildman–Crippen LogP) is 6.01. The number of hydrogen-bond donors (Lipinski definition) is 1. The molecular weight excluding hydrogens is 368 g/mol. The van der Waals surface area contributed by atoms with E-state index >= 15 is 0 Å². The lowest BCUT2D eigenvalue weighted by atomic mass is 9.62. The second kappa shape index (κ2) is 6.63. The van der Waals surface area contributed by atoms with E-state index in [1.54, 1.807) is 0 Å². The van der Waals surface area contributed by atoms with Crippen molar-refractivity contribution in [3.63, 3.8) is 0 Å². The van der Waals surface area contributed by atoms with Crippen LogP contribution in [0.2, 0.25) is 0 Å². The van der Waals surface area contributed by atoms with Crippen molar-refractivity contribution in [2.24, 2.45) is 0 Å². The molecule has 5 rings (SSSR count). The summed E-state index contributed by atoms with van der Waals surface area (Å²) in [5.74, 6) is 0.658. The van der Waals surface area contributed by atoms with Gasteiger partial charge in [0.25, 0.3) is 0 Å². The zero-order valence-corrected chi connectivity index (χ0v) is 18.6. The van der Waals surface area contributed by atoms with Crippen LogP contribution in [0.15, 0.2) is 30.3 Å². The van der Waals surface area contributed by atoms with Gasteiger partial charge in [-0.1, -0.05) is 58.0 Å². The Balaban J connectivity index is 1.56. The molecule has 0 atom stereocenters. The largest absolute Gasteiger partial charge is 0.204 e. The lowest BCUT2D eigenvalue weighted by molar-refractivity contribution is 0.331. The second-order valence-electron chi connectivity index (χ2n) is 10.3. The van der Waals surface area contributed by atoms with Crippen LogP contribution in [0, 0.1) is 6.92 Å². The average molecular weight is 399 g/mol. The van der Waals surface area contributed by atoms with E-state index in [-0.39, 0.29) is 10.8 Å². The van der Waals surface area contributed by atoms with Gasteiger partial charge in [-0.05, 0) is 93.7 Å². The molecule has 4 nitrogen and oxygen atoms in total. The number of benzene rings is 2.